The van der Waals surface area contributed by atoms with E-state index in [4.69, 9.17) is 4.42 Å². The van der Waals surface area contributed by atoms with Gasteiger partial charge in [-0.25, -0.2) is 8.42 Å². The third-order valence-electron chi connectivity index (χ3n) is 1.42. The van der Waals surface area contributed by atoms with Gasteiger partial charge in [0.05, 0.1) is 6.26 Å². The first-order chi connectivity index (χ1) is 6.68. The van der Waals surface area contributed by atoms with Crippen LogP contribution < -0.4 is 0 Å². The molecular formula is C7H10O6S2. The maximum absolute atomic E-state index is 11.0. The minimum absolute atomic E-state index is 0.140. The van der Waals surface area contributed by atoms with Crippen molar-refractivity contribution in [2.24, 2.45) is 0 Å². The van der Waals surface area contributed by atoms with E-state index in [2.05, 4.69) is 4.18 Å². The molecule has 0 aliphatic rings. The largest absolute Gasteiger partial charge is 0.447 e. The molecule has 6 nitrogen and oxygen atoms in total. The number of hydrogen-bond acceptors (Lipinski definition) is 6. The SMILES string of the molecule is CS(=O)(=O)OCc1ccc(S(C)(=O)=O)o1. The highest BCUT2D eigenvalue weighted by atomic mass is 32.2. The summed E-state index contributed by atoms with van der Waals surface area (Å²) in [4.78, 5) is 0. The summed E-state index contributed by atoms with van der Waals surface area (Å²) >= 11 is 0. The Morgan fingerprint density at radius 2 is 1.80 bits per heavy atom. The van der Waals surface area contributed by atoms with Crippen LogP contribution in [-0.2, 0) is 30.7 Å². The van der Waals surface area contributed by atoms with Gasteiger partial charge in [0, 0.05) is 6.26 Å². The monoisotopic (exact) mass is 254 g/mol. The molecule has 0 radical (unpaired) electrons. The van der Waals surface area contributed by atoms with Gasteiger partial charge in [-0.15, -0.1) is 0 Å². The summed E-state index contributed by atoms with van der Waals surface area (Å²) in [7, 11) is -6.97. The van der Waals surface area contributed by atoms with Crippen molar-refractivity contribution >= 4 is 20.0 Å². The molecule has 0 amide bonds. The first kappa shape index (κ1) is 12.2. The number of furan rings is 1. The van der Waals surface area contributed by atoms with E-state index in [0.717, 1.165) is 12.5 Å². The Morgan fingerprint density at radius 3 is 2.20 bits per heavy atom. The van der Waals surface area contributed by atoms with Crippen molar-refractivity contribution < 1.29 is 25.4 Å². The second-order valence-corrected chi connectivity index (χ2v) is 6.55. The van der Waals surface area contributed by atoms with Gasteiger partial charge < -0.3 is 4.42 Å². The first-order valence-electron chi connectivity index (χ1n) is 3.82. The van der Waals surface area contributed by atoms with Gasteiger partial charge in [0.25, 0.3) is 10.1 Å². The molecule has 1 aromatic heterocycles. The van der Waals surface area contributed by atoms with E-state index in [-0.39, 0.29) is 17.5 Å². The van der Waals surface area contributed by atoms with Crippen LogP contribution in [0.15, 0.2) is 21.6 Å². The Morgan fingerprint density at radius 1 is 1.20 bits per heavy atom. The van der Waals surface area contributed by atoms with Crippen molar-refractivity contribution in [3.63, 3.8) is 0 Å². The van der Waals surface area contributed by atoms with Crippen LogP contribution in [0, 0.1) is 0 Å². The standard InChI is InChI=1S/C7H10O6S2/c1-14(8,9)7-4-3-6(13-7)5-12-15(2,10)11/h3-4H,5H2,1-2H3. The van der Waals surface area contributed by atoms with Crippen LogP contribution in [0.1, 0.15) is 5.76 Å². The molecule has 1 aromatic rings. The lowest BCUT2D eigenvalue weighted by atomic mass is 10.5. The van der Waals surface area contributed by atoms with Crippen LogP contribution >= 0.6 is 0 Å². The highest BCUT2D eigenvalue weighted by molar-refractivity contribution is 7.90. The Labute approximate surface area is 87.9 Å². The van der Waals surface area contributed by atoms with E-state index in [0.29, 0.717) is 0 Å². The maximum atomic E-state index is 11.0. The molecule has 0 unspecified atom stereocenters. The molecule has 8 heteroatoms. The van der Waals surface area contributed by atoms with E-state index in [1.165, 1.54) is 12.1 Å². The molecule has 0 saturated carbocycles. The molecule has 0 aliphatic heterocycles. The quantitative estimate of drug-likeness (QED) is 0.711. The summed E-state index contributed by atoms with van der Waals surface area (Å²) in [5.74, 6) is 0.140. The van der Waals surface area contributed by atoms with Crippen LogP contribution in [0.4, 0.5) is 0 Å². The van der Waals surface area contributed by atoms with Crippen LogP contribution in [0.5, 0.6) is 0 Å². The molecule has 15 heavy (non-hydrogen) atoms. The summed E-state index contributed by atoms with van der Waals surface area (Å²) in [5.41, 5.74) is 0. The van der Waals surface area contributed by atoms with Gasteiger partial charge in [0.15, 0.2) is 0 Å². The summed E-state index contributed by atoms with van der Waals surface area (Å²) in [6.07, 6.45) is 1.89. The summed E-state index contributed by atoms with van der Waals surface area (Å²) in [6.45, 7) is -0.311. The second kappa shape index (κ2) is 3.95. The average molecular weight is 254 g/mol. The van der Waals surface area contributed by atoms with Crippen LogP contribution in [0.2, 0.25) is 0 Å². The minimum Gasteiger partial charge on any atom is -0.447 e. The zero-order chi connectivity index (χ0) is 11.7. The molecule has 86 valence electrons. The van der Waals surface area contributed by atoms with Crippen molar-refractivity contribution in [2.75, 3.05) is 12.5 Å². The molecule has 0 N–H and O–H groups in total. The van der Waals surface area contributed by atoms with E-state index < -0.39 is 20.0 Å². The Bertz CT molecular complexity index is 536. The van der Waals surface area contributed by atoms with Crippen LogP contribution in [-0.4, -0.2) is 29.3 Å². The maximum Gasteiger partial charge on any atom is 0.264 e. The lowest BCUT2D eigenvalue weighted by Gasteiger charge is -1.97. The Kier molecular flexibility index (Phi) is 3.22. The molecule has 0 saturated heterocycles. The zero-order valence-corrected chi connectivity index (χ0v) is 9.76. The molecule has 0 bridgehead atoms. The van der Waals surface area contributed by atoms with E-state index in [1.54, 1.807) is 0 Å². The van der Waals surface area contributed by atoms with Gasteiger partial charge in [-0.2, -0.15) is 8.42 Å². The smallest absolute Gasteiger partial charge is 0.264 e. The van der Waals surface area contributed by atoms with Crippen molar-refractivity contribution in [1.29, 1.82) is 0 Å². The second-order valence-electron chi connectivity index (χ2n) is 2.96. The molecule has 1 rings (SSSR count). The minimum atomic E-state index is -3.56. The Balaban J connectivity index is 2.79. The van der Waals surface area contributed by atoms with E-state index >= 15 is 0 Å². The fourth-order valence-electron chi connectivity index (χ4n) is 0.800. The highest BCUT2D eigenvalue weighted by Gasteiger charge is 2.13. The van der Waals surface area contributed by atoms with Gasteiger partial charge in [0.2, 0.25) is 14.9 Å². The molecule has 0 fully saturated rings. The normalized spacial score (nSPS) is 12.9. The van der Waals surface area contributed by atoms with Crippen molar-refractivity contribution in [1.82, 2.24) is 0 Å². The van der Waals surface area contributed by atoms with Gasteiger partial charge in [0.1, 0.15) is 12.4 Å². The predicted molar refractivity (Wildman–Crippen MR) is 51.5 cm³/mol. The summed E-state index contributed by atoms with van der Waals surface area (Å²) in [5, 5.41) is -0.213. The molecule has 0 atom stereocenters. The third-order valence-corrected chi connectivity index (χ3v) is 2.91. The third kappa shape index (κ3) is 4.02. The van der Waals surface area contributed by atoms with Gasteiger partial charge in [-0.1, -0.05) is 0 Å². The van der Waals surface area contributed by atoms with Crippen LogP contribution in [0.3, 0.4) is 0 Å². The van der Waals surface area contributed by atoms with Crippen molar-refractivity contribution in [3.8, 4) is 0 Å². The summed E-state index contributed by atoms with van der Waals surface area (Å²) < 4.78 is 52.5. The Hall–Kier alpha value is -0.860. The first-order valence-corrected chi connectivity index (χ1v) is 7.52. The van der Waals surface area contributed by atoms with Gasteiger partial charge >= 0.3 is 0 Å². The molecule has 0 aliphatic carbocycles. The van der Waals surface area contributed by atoms with Crippen molar-refractivity contribution in [2.45, 2.75) is 11.7 Å². The fourth-order valence-corrected chi connectivity index (χ4v) is 1.70. The van der Waals surface area contributed by atoms with Gasteiger partial charge in [-0.3, -0.25) is 4.18 Å². The average Bonchev–Trinajstić information content (AvgIpc) is 2.45. The zero-order valence-electron chi connectivity index (χ0n) is 8.13. The molecule has 1 heterocycles. The topological polar surface area (TPSA) is 90.7 Å². The fraction of sp³-hybridized carbons (Fsp3) is 0.429. The van der Waals surface area contributed by atoms with Crippen molar-refractivity contribution in [3.05, 3.63) is 17.9 Å². The highest BCUT2D eigenvalue weighted by Crippen LogP contribution is 2.14. The summed E-state index contributed by atoms with van der Waals surface area (Å²) in [6, 6.07) is 2.60. The predicted octanol–water partition coefficient (Wildman–Crippen LogP) is 0.159. The molecule has 0 aromatic carbocycles. The van der Waals surface area contributed by atoms with Crippen LogP contribution in [0.25, 0.3) is 0 Å². The number of hydrogen-bond donors (Lipinski definition) is 0. The lowest BCUT2D eigenvalue weighted by molar-refractivity contribution is 0.264. The number of rotatable bonds is 4. The van der Waals surface area contributed by atoms with Gasteiger partial charge in [-0.05, 0) is 12.1 Å². The lowest BCUT2D eigenvalue weighted by Crippen LogP contribution is -2.01. The van der Waals surface area contributed by atoms with E-state index in [9.17, 15) is 16.8 Å². The molecular weight excluding hydrogens is 244 g/mol. The number of sulfone groups is 1. The van der Waals surface area contributed by atoms with E-state index in [1.807, 2.05) is 0 Å². The molecule has 0 spiro atoms.